The second-order valence-electron chi connectivity index (χ2n) is 5.88. The maximum absolute atomic E-state index is 12.3. The summed E-state index contributed by atoms with van der Waals surface area (Å²) in [4.78, 5) is 24.5. The highest BCUT2D eigenvalue weighted by Crippen LogP contribution is 2.31. The lowest BCUT2D eigenvalue weighted by Crippen LogP contribution is -2.38. The highest BCUT2D eigenvalue weighted by atomic mass is 16.3. The van der Waals surface area contributed by atoms with Gasteiger partial charge in [0.25, 0.3) is 0 Å². The Hall–Kier alpha value is -2.93. The van der Waals surface area contributed by atoms with Crippen LogP contribution in [0.2, 0.25) is 0 Å². The van der Waals surface area contributed by atoms with Crippen molar-refractivity contribution in [3.05, 3.63) is 70.3 Å². The Morgan fingerprint density at radius 2 is 2.04 bits per heavy atom. The van der Waals surface area contributed by atoms with Crippen molar-refractivity contribution in [2.24, 2.45) is 0 Å². The Kier molecular flexibility index (Phi) is 3.42. The summed E-state index contributed by atoms with van der Waals surface area (Å²) in [7, 11) is 0. The van der Waals surface area contributed by atoms with Gasteiger partial charge in [-0.1, -0.05) is 30.3 Å². The van der Waals surface area contributed by atoms with E-state index < -0.39 is 12.1 Å². The van der Waals surface area contributed by atoms with Crippen LogP contribution >= 0.6 is 0 Å². The minimum absolute atomic E-state index is 0.189. The van der Waals surface area contributed by atoms with E-state index in [2.05, 4.69) is 10.4 Å². The lowest BCUT2D eigenvalue weighted by molar-refractivity contribution is -0.123. The van der Waals surface area contributed by atoms with E-state index in [1.807, 2.05) is 24.3 Å². The highest BCUT2D eigenvalue weighted by molar-refractivity contribution is 5.76. The van der Waals surface area contributed by atoms with E-state index in [4.69, 9.17) is 0 Å². The van der Waals surface area contributed by atoms with Gasteiger partial charge in [0.05, 0.1) is 12.1 Å². The second-order valence-corrected chi connectivity index (χ2v) is 5.88. The number of rotatable bonds is 3. The summed E-state index contributed by atoms with van der Waals surface area (Å²) in [6.45, 7) is -0.189. The van der Waals surface area contributed by atoms with Gasteiger partial charge in [-0.2, -0.15) is 0 Å². The predicted molar refractivity (Wildman–Crippen MR) is 86.5 cm³/mol. The highest BCUT2D eigenvalue weighted by Gasteiger charge is 2.31. The van der Waals surface area contributed by atoms with Gasteiger partial charge in [0, 0.05) is 12.6 Å². The normalized spacial score (nSPS) is 19.4. The van der Waals surface area contributed by atoms with Crippen LogP contribution in [0.1, 0.15) is 17.2 Å². The Labute approximate surface area is 137 Å². The third kappa shape index (κ3) is 2.39. The number of aliphatic hydroxyl groups excluding tert-OH is 1. The fourth-order valence-electron chi connectivity index (χ4n) is 3.17. The van der Waals surface area contributed by atoms with Gasteiger partial charge in [-0.3, -0.25) is 9.20 Å². The Balaban J connectivity index is 1.55. The zero-order chi connectivity index (χ0) is 16.7. The first-order valence-corrected chi connectivity index (χ1v) is 7.73. The molecule has 122 valence electrons. The average molecular weight is 324 g/mol. The number of carbonyl (C=O) groups is 1. The van der Waals surface area contributed by atoms with Crippen LogP contribution in [0, 0.1) is 0 Å². The van der Waals surface area contributed by atoms with Crippen LogP contribution in [0.15, 0.2) is 53.5 Å². The molecule has 1 aliphatic rings. The molecule has 0 spiro atoms. The van der Waals surface area contributed by atoms with Crippen LogP contribution < -0.4 is 11.0 Å². The lowest BCUT2D eigenvalue weighted by atomic mass is 10.1. The summed E-state index contributed by atoms with van der Waals surface area (Å²) in [6.07, 6.45) is 1.45. The van der Waals surface area contributed by atoms with Gasteiger partial charge in [0.1, 0.15) is 6.54 Å². The molecule has 24 heavy (non-hydrogen) atoms. The molecule has 2 aromatic heterocycles. The zero-order valence-corrected chi connectivity index (χ0v) is 12.8. The number of pyridine rings is 1. The van der Waals surface area contributed by atoms with Gasteiger partial charge in [-0.25, -0.2) is 9.48 Å². The van der Waals surface area contributed by atoms with Gasteiger partial charge in [0.2, 0.25) is 5.91 Å². The molecule has 1 aliphatic carbocycles. The van der Waals surface area contributed by atoms with Crippen molar-refractivity contribution in [2.45, 2.75) is 25.1 Å². The van der Waals surface area contributed by atoms with E-state index in [9.17, 15) is 14.7 Å². The van der Waals surface area contributed by atoms with Crippen LogP contribution in [0.5, 0.6) is 0 Å². The molecule has 0 radical (unpaired) electrons. The van der Waals surface area contributed by atoms with Gasteiger partial charge in [0.15, 0.2) is 5.65 Å². The van der Waals surface area contributed by atoms with Crippen molar-refractivity contribution in [2.75, 3.05) is 0 Å². The number of nitrogens with zero attached hydrogens (tertiary/aromatic N) is 3. The summed E-state index contributed by atoms with van der Waals surface area (Å²) in [5.41, 5.74) is 2.07. The van der Waals surface area contributed by atoms with Gasteiger partial charge in [-0.05, 0) is 23.3 Å². The largest absolute Gasteiger partial charge is 0.390 e. The van der Waals surface area contributed by atoms with Gasteiger partial charge < -0.3 is 10.4 Å². The first-order valence-electron chi connectivity index (χ1n) is 7.73. The smallest absolute Gasteiger partial charge is 0.350 e. The Morgan fingerprint density at radius 3 is 2.88 bits per heavy atom. The summed E-state index contributed by atoms with van der Waals surface area (Å²) < 4.78 is 2.50. The Morgan fingerprint density at radius 1 is 1.25 bits per heavy atom. The number of aliphatic hydroxyl groups is 1. The molecule has 1 aromatic carbocycles. The molecule has 2 heterocycles. The van der Waals surface area contributed by atoms with Crippen molar-refractivity contribution >= 4 is 11.6 Å². The summed E-state index contributed by atoms with van der Waals surface area (Å²) in [5.74, 6) is -0.360. The number of hydrogen-bond donors (Lipinski definition) is 2. The molecule has 2 N–H and O–H groups in total. The predicted octanol–water partition coefficient (Wildman–Crippen LogP) is 0.270. The van der Waals surface area contributed by atoms with Crippen LogP contribution in [0.4, 0.5) is 0 Å². The number of amides is 1. The van der Waals surface area contributed by atoms with Crippen molar-refractivity contribution in [3.8, 4) is 0 Å². The van der Waals surface area contributed by atoms with Crippen molar-refractivity contribution < 1.29 is 9.90 Å². The standard InChI is InChI=1S/C17H16N4O3/c22-13-9-11-5-1-2-6-12(11)16(13)18-15(23)10-21-17(24)20-8-4-3-7-14(20)19-21/h1-8,13,16,22H,9-10H2,(H,18,23)/t13-,16+/m1/s1. The maximum atomic E-state index is 12.3. The molecular weight excluding hydrogens is 308 g/mol. The minimum atomic E-state index is -0.663. The maximum Gasteiger partial charge on any atom is 0.350 e. The van der Waals surface area contributed by atoms with Crippen LogP contribution in [0.25, 0.3) is 5.65 Å². The molecule has 0 fully saturated rings. The molecule has 0 saturated carbocycles. The molecule has 0 unspecified atom stereocenters. The molecular formula is C17H16N4O3. The van der Waals surface area contributed by atoms with E-state index in [1.165, 1.54) is 4.40 Å². The summed E-state index contributed by atoms with van der Waals surface area (Å²) >= 11 is 0. The SMILES string of the molecule is O=C(Cn1nc2ccccn2c1=O)N[C@H]1c2ccccc2C[C@H]1O. The minimum Gasteiger partial charge on any atom is -0.390 e. The molecule has 4 rings (SSSR count). The topological polar surface area (TPSA) is 88.6 Å². The number of hydrogen-bond acceptors (Lipinski definition) is 4. The van der Waals surface area contributed by atoms with E-state index >= 15 is 0 Å². The molecule has 0 aliphatic heterocycles. The number of carbonyl (C=O) groups excluding carboxylic acids is 1. The van der Waals surface area contributed by atoms with Crippen molar-refractivity contribution in [3.63, 3.8) is 0 Å². The number of benzene rings is 1. The zero-order valence-electron chi connectivity index (χ0n) is 12.8. The van der Waals surface area contributed by atoms with Gasteiger partial charge >= 0.3 is 5.69 Å². The van der Waals surface area contributed by atoms with E-state index in [1.54, 1.807) is 24.4 Å². The average Bonchev–Trinajstić information content (AvgIpc) is 3.06. The van der Waals surface area contributed by atoms with E-state index in [-0.39, 0.29) is 18.1 Å². The first kappa shape index (κ1) is 14.6. The van der Waals surface area contributed by atoms with E-state index in [0.29, 0.717) is 12.1 Å². The van der Waals surface area contributed by atoms with E-state index in [0.717, 1.165) is 15.8 Å². The third-order valence-electron chi connectivity index (χ3n) is 4.30. The molecule has 3 aromatic rings. The fraction of sp³-hybridized carbons (Fsp3) is 0.235. The monoisotopic (exact) mass is 324 g/mol. The first-order chi connectivity index (χ1) is 11.6. The summed E-state index contributed by atoms with van der Waals surface area (Å²) in [6, 6.07) is 12.4. The van der Waals surface area contributed by atoms with Crippen LogP contribution in [-0.2, 0) is 17.8 Å². The van der Waals surface area contributed by atoms with Crippen LogP contribution in [0.3, 0.4) is 0 Å². The molecule has 2 atom stereocenters. The third-order valence-corrected chi connectivity index (χ3v) is 4.30. The molecule has 1 amide bonds. The quantitative estimate of drug-likeness (QED) is 0.724. The number of nitrogens with one attached hydrogen (secondary N) is 1. The number of fused-ring (bicyclic) bond motifs is 2. The fourth-order valence-corrected chi connectivity index (χ4v) is 3.17. The molecule has 7 nitrogen and oxygen atoms in total. The molecule has 0 saturated heterocycles. The second kappa shape index (κ2) is 5.61. The van der Waals surface area contributed by atoms with Crippen LogP contribution in [-0.4, -0.2) is 31.3 Å². The number of aromatic nitrogens is 3. The Bertz CT molecular complexity index is 975. The van der Waals surface area contributed by atoms with Gasteiger partial charge in [-0.15, -0.1) is 5.10 Å². The summed E-state index contributed by atoms with van der Waals surface area (Å²) in [5, 5.41) is 17.1. The lowest BCUT2D eigenvalue weighted by Gasteiger charge is -2.17. The molecule has 0 bridgehead atoms. The van der Waals surface area contributed by atoms with Crippen molar-refractivity contribution in [1.29, 1.82) is 0 Å². The molecule has 7 heteroatoms. The van der Waals surface area contributed by atoms with Crippen molar-refractivity contribution in [1.82, 2.24) is 19.5 Å².